The molecular formula is C16H30N2O2. The van der Waals surface area contributed by atoms with E-state index < -0.39 is 0 Å². The summed E-state index contributed by atoms with van der Waals surface area (Å²) in [5, 5.41) is 28.2. The largest absolute Gasteiger partial charge is 0.396 e. The first-order chi connectivity index (χ1) is 9.74. The Labute approximate surface area is 122 Å². The van der Waals surface area contributed by atoms with Gasteiger partial charge in [-0.15, -0.1) is 0 Å². The third-order valence-corrected chi connectivity index (χ3v) is 5.20. The molecule has 0 unspecified atom stereocenters. The molecule has 4 heteroatoms. The van der Waals surface area contributed by atoms with Crippen LogP contribution < -0.4 is 0 Å². The lowest BCUT2D eigenvalue weighted by molar-refractivity contribution is 0.168. The summed E-state index contributed by atoms with van der Waals surface area (Å²) in [6.07, 6.45) is 13.1. The Kier molecular flexibility index (Phi) is 5.97. The summed E-state index contributed by atoms with van der Waals surface area (Å²) in [6.45, 7) is 0.401. The fraction of sp³-hybridized carbons (Fsp3) is 1.00. The molecule has 0 bridgehead atoms. The van der Waals surface area contributed by atoms with Crippen molar-refractivity contribution in [3.63, 3.8) is 0 Å². The van der Waals surface area contributed by atoms with Crippen molar-refractivity contribution in [1.29, 1.82) is 0 Å². The third kappa shape index (κ3) is 4.01. The maximum absolute atomic E-state index is 9.35. The van der Waals surface area contributed by atoms with Gasteiger partial charge in [0.15, 0.2) is 0 Å². The highest BCUT2D eigenvalue weighted by Gasteiger charge is 2.35. The lowest BCUT2D eigenvalue weighted by Crippen LogP contribution is -2.34. The second kappa shape index (κ2) is 7.51. The Bertz CT molecular complexity index is 265. The van der Waals surface area contributed by atoms with Gasteiger partial charge in [-0.3, -0.25) is 0 Å². The van der Waals surface area contributed by atoms with Gasteiger partial charge < -0.3 is 10.2 Å². The minimum atomic E-state index is -0.118. The molecule has 2 aliphatic rings. The first-order valence-corrected chi connectivity index (χ1v) is 8.40. The van der Waals surface area contributed by atoms with Gasteiger partial charge >= 0.3 is 0 Å². The summed E-state index contributed by atoms with van der Waals surface area (Å²) >= 11 is 0. The van der Waals surface area contributed by atoms with Gasteiger partial charge in [0.25, 0.3) is 0 Å². The van der Waals surface area contributed by atoms with Gasteiger partial charge in [-0.2, -0.15) is 10.2 Å². The normalized spacial score (nSPS) is 25.9. The van der Waals surface area contributed by atoms with Crippen molar-refractivity contribution in [2.45, 2.75) is 88.1 Å². The predicted molar refractivity (Wildman–Crippen MR) is 79.9 cm³/mol. The topological polar surface area (TPSA) is 65.2 Å². The zero-order valence-electron chi connectivity index (χ0n) is 12.7. The van der Waals surface area contributed by atoms with E-state index in [1.807, 2.05) is 0 Å². The minimum absolute atomic E-state index is 0.118. The minimum Gasteiger partial charge on any atom is -0.396 e. The van der Waals surface area contributed by atoms with E-state index in [1.54, 1.807) is 0 Å². The van der Waals surface area contributed by atoms with Crippen LogP contribution in [0.15, 0.2) is 10.2 Å². The summed E-state index contributed by atoms with van der Waals surface area (Å²) in [6, 6.07) is 0. The van der Waals surface area contributed by atoms with E-state index in [4.69, 9.17) is 10.2 Å². The highest BCUT2D eigenvalue weighted by Crippen LogP contribution is 2.39. The van der Waals surface area contributed by atoms with E-state index in [9.17, 15) is 10.2 Å². The molecule has 116 valence electrons. The summed E-state index contributed by atoms with van der Waals surface area (Å²) < 4.78 is 0. The number of hydrogen-bond donors (Lipinski definition) is 2. The van der Waals surface area contributed by atoms with E-state index in [0.717, 1.165) is 38.5 Å². The van der Waals surface area contributed by atoms with E-state index in [2.05, 4.69) is 0 Å². The Morgan fingerprint density at radius 2 is 0.950 bits per heavy atom. The smallest absolute Gasteiger partial charge is 0.0838 e. The quantitative estimate of drug-likeness (QED) is 0.731. The number of nitrogens with zero attached hydrogens (tertiary/aromatic N) is 2. The van der Waals surface area contributed by atoms with Crippen LogP contribution in [0, 0.1) is 0 Å². The molecule has 2 aliphatic carbocycles. The second-order valence-electron chi connectivity index (χ2n) is 6.72. The van der Waals surface area contributed by atoms with Crippen LogP contribution in [0.3, 0.4) is 0 Å². The van der Waals surface area contributed by atoms with Gasteiger partial charge in [0.2, 0.25) is 0 Å². The average molecular weight is 282 g/mol. The van der Waals surface area contributed by atoms with Gasteiger partial charge in [0.05, 0.1) is 11.1 Å². The van der Waals surface area contributed by atoms with Crippen LogP contribution in [0.25, 0.3) is 0 Å². The summed E-state index contributed by atoms with van der Waals surface area (Å²) in [4.78, 5) is 0. The molecule has 2 fully saturated rings. The maximum atomic E-state index is 9.35. The molecule has 2 N–H and O–H groups in total. The molecule has 2 saturated carbocycles. The van der Waals surface area contributed by atoms with Crippen molar-refractivity contribution in [2.75, 3.05) is 13.2 Å². The Balaban J connectivity index is 2.09. The number of azo groups is 1. The maximum Gasteiger partial charge on any atom is 0.0838 e. The molecule has 0 aliphatic heterocycles. The molecule has 0 aromatic rings. The fourth-order valence-electron chi connectivity index (χ4n) is 3.85. The highest BCUT2D eigenvalue weighted by atomic mass is 16.3. The lowest BCUT2D eigenvalue weighted by atomic mass is 9.79. The summed E-state index contributed by atoms with van der Waals surface area (Å²) in [7, 11) is 0. The van der Waals surface area contributed by atoms with Crippen LogP contribution in [0.4, 0.5) is 0 Å². The van der Waals surface area contributed by atoms with Crippen molar-refractivity contribution in [3.8, 4) is 0 Å². The van der Waals surface area contributed by atoms with E-state index in [1.165, 1.54) is 38.5 Å². The van der Waals surface area contributed by atoms with Crippen LogP contribution in [-0.2, 0) is 0 Å². The number of aliphatic hydroxyl groups is 2. The fourth-order valence-corrected chi connectivity index (χ4v) is 3.85. The Morgan fingerprint density at radius 3 is 1.25 bits per heavy atom. The van der Waals surface area contributed by atoms with E-state index in [-0.39, 0.29) is 24.3 Å². The lowest BCUT2D eigenvalue weighted by Gasteiger charge is -2.36. The SMILES string of the molecule is OCCC1(N=NC2(CCO)CCCCC2)CCCCC1. The molecule has 0 amide bonds. The molecule has 0 spiro atoms. The van der Waals surface area contributed by atoms with Gasteiger partial charge in [0, 0.05) is 13.2 Å². The first kappa shape index (κ1) is 15.9. The van der Waals surface area contributed by atoms with E-state index >= 15 is 0 Å². The van der Waals surface area contributed by atoms with Gasteiger partial charge in [-0.1, -0.05) is 38.5 Å². The van der Waals surface area contributed by atoms with Crippen molar-refractivity contribution in [2.24, 2.45) is 10.2 Å². The molecule has 0 atom stereocenters. The van der Waals surface area contributed by atoms with Crippen molar-refractivity contribution in [3.05, 3.63) is 0 Å². The molecule has 0 aromatic carbocycles. The standard InChI is InChI=1S/C16H30N2O2/c19-13-11-15(7-3-1-4-8-15)17-18-16(12-14-20)9-5-2-6-10-16/h19-20H,1-14H2. The van der Waals surface area contributed by atoms with Crippen molar-refractivity contribution in [1.82, 2.24) is 0 Å². The van der Waals surface area contributed by atoms with Crippen molar-refractivity contribution < 1.29 is 10.2 Å². The number of aliphatic hydroxyl groups excluding tert-OH is 2. The predicted octanol–water partition coefficient (Wildman–Crippen LogP) is 3.61. The molecule has 0 heterocycles. The van der Waals surface area contributed by atoms with Crippen LogP contribution >= 0.6 is 0 Å². The highest BCUT2D eigenvalue weighted by molar-refractivity contribution is 4.94. The molecule has 20 heavy (non-hydrogen) atoms. The van der Waals surface area contributed by atoms with E-state index in [0.29, 0.717) is 0 Å². The molecule has 0 aromatic heterocycles. The average Bonchev–Trinajstić information content (AvgIpc) is 2.48. The first-order valence-electron chi connectivity index (χ1n) is 8.40. The van der Waals surface area contributed by atoms with Gasteiger partial charge in [0.1, 0.15) is 0 Å². The molecule has 4 nitrogen and oxygen atoms in total. The number of hydrogen-bond acceptors (Lipinski definition) is 4. The monoisotopic (exact) mass is 282 g/mol. The molecule has 0 saturated heterocycles. The third-order valence-electron chi connectivity index (χ3n) is 5.20. The van der Waals surface area contributed by atoms with Crippen molar-refractivity contribution >= 4 is 0 Å². The van der Waals surface area contributed by atoms with Crippen LogP contribution in [-0.4, -0.2) is 34.5 Å². The zero-order chi connectivity index (χ0) is 14.3. The molecule has 2 rings (SSSR count). The van der Waals surface area contributed by atoms with Crippen LogP contribution in [0.2, 0.25) is 0 Å². The zero-order valence-corrected chi connectivity index (χ0v) is 12.7. The van der Waals surface area contributed by atoms with Crippen LogP contribution in [0.5, 0.6) is 0 Å². The summed E-state index contributed by atoms with van der Waals surface area (Å²) in [5.74, 6) is 0. The summed E-state index contributed by atoms with van der Waals surface area (Å²) in [5.41, 5.74) is -0.236. The second-order valence-corrected chi connectivity index (χ2v) is 6.72. The Hall–Kier alpha value is -0.480. The number of rotatable bonds is 6. The van der Waals surface area contributed by atoms with Crippen LogP contribution in [0.1, 0.15) is 77.0 Å². The van der Waals surface area contributed by atoms with Gasteiger partial charge in [-0.25, -0.2) is 0 Å². The molecule has 0 radical (unpaired) electrons. The Morgan fingerprint density at radius 1 is 0.600 bits per heavy atom. The molecular weight excluding hydrogens is 252 g/mol. The van der Waals surface area contributed by atoms with Gasteiger partial charge in [-0.05, 0) is 38.5 Å².